The minimum atomic E-state index is -1.43. The molecule has 12 heavy (non-hydrogen) atoms. The third kappa shape index (κ3) is 4.60. The van der Waals surface area contributed by atoms with E-state index >= 15 is 0 Å². The van der Waals surface area contributed by atoms with Crippen molar-refractivity contribution >= 4 is 25.7 Å². The molecule has 1 unspecified atom stereocenters. The fraction of sp³-hybridized carbons (Fsp3) is 0.800. The molecule has 0 spiro atoms. The third-order valence-electron chi connectivity index (χ3n) is 1.42. The average Bonchev–Trinajstić information content (AvgIpc) is 1.98. The normalized spacial score (nSPS) is 15.3. The summed E-state index contributed by atoms with van der Waals surface area (Å²) in [5, 5.41) is 24.8. The SMILES string of the molecule is N[C@H](C(=O)O)C(S)CCB(O)O. The summed E-state index contributed by atoms with van der Waals surface area (Å²) in [5.41, 5.74) is 5.21. The van der Waals surface area contributed by atoms with Gasteiger partial charge in [-0.1, -0.05) is 0 Å². The number of aliphatic carboxylic acids is 1. The van der Waals surface area contributed by atoms with E-state index in [4.69, 9.17) is 20.9 Å². The van der Waals surface area contributed by atoms with E-state index < -0.39 is 24.4 Å². The number of nitrogens with two attached hydrogens (primary N) is 1. The van der Waals surface area contributed by atoms with E-state index in [9.17, 15) is 4.79 Å². The van der Waals surface area contributed by atoms with Crippen LogP contribution in [0.25, 0.3) is 0 Å². The summed E-state index contributed by atoms with van der Waals surface area (Å²) in [6.07, 6.45) is 0.337. The molecule has 0 bridgehead atoms. The van der Waals surface area contributed by atoms with Gasteiger partial charge >= 0.3 is 13.1 Å². The van der Waals surface area contributed by atoms with Crippen molar-refractivity contribution in [2.45, 2.75) is 24.0 Å². The van der Waals surface area contributed by atoms with Crippen LogP contribution in [0.3, 0.4) is 0 Å². The molecule has 0 aromatic heterocycles. The van der Waals surface area contributed by atoms with Gasteiger partial charge in [0.15, 0.2) is 0 Å². The number of carbonyl (C=O) groups is 1. The summed E-state index contributed by atoms with van der Waals surface area (Å²) in [7, 11) is -1.43. The number of carboxylic acids is 1. The number of carboxylic acid groups (broad SMARTS) is 1. The van der Waals surface area contributed by atoms with E-state index in [2.05, 4.69) is 12.6 Å². The second-order valence-corrected chi connectivity index (χ2v) is 3.15. The van der Waals surface area contributed by atoms with Crippen molar-refractivity contribution in [3.05, 3.63) is 0 Å². The fourth-order valence-electron chi connectivity index (χ4n) is 0.664. The van der Waals surface area contributed by atoms with Crippen LogP contribution in [-0.4, -0.2) is 39.5 Å². The lowest BCUT2D eigenvalue weighted by molar-refractivity contribution is -0.138. The maximum Gasteiger partial charge on any atom is 0.451 e. The van der Waals surface area contributed by atoms with Gasteiger partial charge in [0.05, 0.1) is 0 Å². The van der Waals surface area contributed by atoms with E-state index in [1.807, 2.05) is 0 Å². The summed E-state index contributed by atoms with van der Waals surface area (Å²) in [6, 6.07) is -1.06. The molecule has 0 aliphatic heterocycles. The van der Waals surface area contributed by atoms with Crippen molar-refractivity contribution < 1.29 is 19.9 Å². The lowest BCUT2D eigenvalue weighted by Crippen LogP contribution is -2.39. The van der Waals surface area contributed by atoms with Gasteiger partial charge in [0.2, 0.25) is 0 Å². The van der Waals surface area contributed by atoms with E-state index in [-0.39, 0.29) is 12.7 Å². The molecular formula is C5H12BNO4S. The molecule has 5 N–H and O–H groups in total. The third-order valence-corrected chi connectivity index (χ3v) is 2.00. The molecule has 0 rings (SSSR count). The van der Waals surface area contributed by atoms with E-state index in [0.29, 0.717) is 0 Å². The van der Waals surface area contributed by atoms with Gasteiger partial charge in [0.25, 0.3) is 0 Å². The average molecular weight is 193 g/mol. The Morgan fingerprint density at radius 1 is 1.58 bits per heavy atom. The topological polar surface area (TPSA) is 104 Å². The number of hydrogen-bond donors (Lipinski definition) is 5. The molecule has 0 aromatic carbocycles. The van der Waals surface area contributed by atoms with Gasteiger partial charge in [-0.25, -0.2) is 0 Å². The molecule has 0 saturated carbocycles. The van der Waals surface area contributed by atoms with Gasteiger partial charge in [-0.05, 0) is 12.7 Å². The van der Waals surface area contributed by atoms with Crippen molar-refractivity contribution in [1.29, 1.82) is 0 Å². The van der Waals surface area contributed by atoms with Crippen LogP contribution in [0.5, 0.6) is 0 Å². The van der Waals surface area contributed by atoms with Crippen molar-refractivity contribution in [1.82, 2.24) is 0 Å². The number of thiol groups is 1. The Morgan fingerprint density at radius 3 is 2.42 bits per heavy atom. The Bertz CT molecular complexity index is 156. The molecule has 0 aromatic rings. The summed E-state index contributed by atoms with van der Waals surface area (Å²) in [4.78, 5) is 10.3. The largest absolute Gasteiger partial charge is 0.480 e. The second-order valence-electron chi connectivity index (χ2n) is 2.49. The summed E-state index contributed by atoms with van der Waals surface area (Å²) < 4.78 is 0. The zero-order valence-electron chi connectivity index (χ0n) is 6.42. The van der Waals surface area contributed by atoms with Gasteiger partial charge in [-0.15, -0.1) is 0 Å². The lowest BCUT2D eigenvalue weighted by Gasteiger charge is -2.14. The molecule has 5 nitrogen and oxygen atoms in total. The molecule has 0 heterocycles. The van der Waals surface area contributed by atoms with Crippen molar-refractivity contribution in [2.75, 3.05) is 0 Å². The first-order valence-corrected chi connectivity index (χ1v) is 3.99. The quantitative estimate of drug-likeness (QED) is 0.271. The monoisotopic (exact) mass is 193 g/mol. The molecule has 7 heteroatoms. The van der Waals surface area contributed by atoms with Crippen LogP contribution in [0.2, 0.25) is 6.32 Å². The van der Waals surface area contributed by atoms with Gasteiger partial charge < -0.3 is 20.9 Å². The molecule has 0 aliphatic carbocycles. The summed E-state index contributed by atoms with van der Waals surface area (Å²) >= 11 is 3.91. The van der Waals surface area contributed by atoms with Gasteiger partial charge in [-0.3, -0.25) is 4.79 Å². The zero-order chi connectivity index (χ0) is 9.72. The van der Waals surface area contributed by atoms with Crippen LogP contribution in [0, 0.1) is 0 Å². The molecular weight excluding hydrogens is 181 g/mol. The van der Waals surface area contributed by atoms with E-state index in [1.165, 1.54) is 0 Å². The number of rotatable bonds is 5. The Morgan fingerprint density at radius 2 is 2.08 bits per heavy atom. The second kappa shape index (κ2) is 5.42. The first-order chi connectivity index (χ1) is 5.45. The Labute approximate surface area is 76.1 Å². The van der Waals surface area contributed by atoms with Crippen LogP contribution in [-0.2, 0) is 4.79 Å². The molecule has 0 radical (unpaired) electrons. The zero-order valence-corrected chi connectivity index (χ0v) is 7.32. The molecule has 0 aliphatic rings. The minimum Gasteiger partial charge on any atom is -0.480 e. The van der Waals surface area contributed by atoms with Crippen LogP contribution in [0.1, 0.15) is 6.42 Å². The van der Waals surface area contributed by atoms with E-state index in [0.717, 1.165) is 0 Å². The van der Waals surface area contributed by atoms with Crippen LogP contribution in [0.4, 0.5) is 0 Å². The molecule has 2 atom stereocenters. The van der Waals surface area contributed by atoms with Gasteiger partial charge in [0.1, 0.15) is 6.04 Å². The molecule has 0 fully saturated rings. The minimum absolute atomic E-state index is 0.0785. The summed E-state index contributed by atoms with van der Waals surface area (Å²) in [6.45, 7) is 0. The molecule has 0 saturated heterocycles. The smallest absolute Gasteiger partial charge is 0.451 e. The van der Waals surface area contributed by atoms with Crippen LogP contribution in [0.15, 0.2) is 0 Å². The predicted molar refractivity (Wildman–Crippen MR) is 48.0 cm³/mol. The maximum absolute atomic E-state index is 10.3. The van der Waals surface area contributed by atoms with Crippen molar-refractivity contribution in [3.8, 4) is 0 Å². The Kier molecular flexibility index (Phi) is 5.31. The van der Waals surface area contributed by atoms with Crippen LogP contribution >= 0.6 is 12.6 Å². The van der Waals surface area contributed by atoms with Crippen molar-refractivity contribution in [3.63, 3.8) is 0 Å². The van der Waals surface area contributed by atoms with Gasteiger partial charge in [-0.2, -0.15) is 12.6 Å². The summed E-state index contributed by atoms with van der Waals surface area (Å²) in [5.74, 6) is -1.14. The van der Waals surface area contributed by atoms with E-state index in [1.54, 1.807) is 0 Å². The van der Waals surface area contributed by atoms with Gasteiger partial charge in [0, 0.05) is 5.25 Å². The maximum atomic E-state index is 10.3. The Hall–Kier alpha value is -0.235. The van der Waals surface area contributed by atoms with Crippen LogP contribution < -0.4 is 5.73 Å². The number of hydrogen-bond acceptors (Lipinski definition) is 5. The highest BCUT2D eigenvalue weighted by atomic mass is 32.1. The lowest BCUT2D eigenvalue weighted by atomic mass is 9.83. The highest BCUT2D eigenvalue weighted by molar-refractivity contribution is 7.81. The first-order valence-electron chi connectivity index (χ1n) is 3.47. The fourth-order valence-corrected chi connectivity index (χ4v) is 0.941. The molecule has 70 valence electrons. The first kappa shape index (κ1) is 11.8. The standard InChI is InChI=1S/C5H12BNO4S/c7-4(5(8)9)3(12)1-2-6(10)11/h3-4,10-12H,1-2,7H2,(H,8,9)/t3?,4-/m0/s1. The molecule has 0 amide bonds. The predicted octanol–water partition coefficient (Wildman–Crippen LogP) is -1.44. The Balaban J connectivity index is 3.71. The highest BCUT2D eigenvalue weighted by Gasteiger charge is 2.22. The highest BCUT2D eigenvalue weighted by Crippen LogP contribution is 2.09. The van der Waals surface area contributed by atoms with Crippen molar-refractivity contribution in [2.24, 2.45) is 5.73 Å².